The number of hydrogen-bond acceptors (Lipinski definition) is 7. The van der Waals surface area contributed by atoms with Crippen molar-refractivity contribution < 1.29 is 19.4 Å². The van der Waals surface area contributed by atoms with Gasteiger partial charge in [-0.15, -0.1) is 11.3 Å². The molecule has 218 valence electrons. The summed E-state index contributed by atoms with van der Waals surface area (Å²) in [5, 5.41) is 22.1. The summed E-state index contributed by atoms with van der Waals surface area (Å²) in [6, 6.07) is 6.95. The lowest BCUT2D eigenvalue weighted by Gasteiger charge is -2.32. The normalized spacial score (nSPS) is 19.4. The van der Waals surface area contributed by atoms with E-state index in [4.69, 9.17) is 10.1 Å². The fourth-order valence-electron chi connectivity index (χ4n) is 4.86. The molecule has 2 heterocycles. The van der Waals surface area contributed by atoms with Crippen LogP contribution in [0.2, 0.25) is 0 Å². The highest BCUT2D eigenvalue weighted by atomic mass is 32.1. The van der Waals surface area contributed by atoms with E-state index in [1.807, 2.05) is 85.2 Å². The van der Waals surface area contributed by atoms with Crippen LogP contribution in [-0.4, -0.2) is 57.8 Å². The van der Waals surface area contributed by atoms with Crippen LogP contribution in [0.4, 0.5) is 0 Å². The van der Waals surface area contributed by atoms with Gasteiger partial charge in [-0.2, -0.15) is 0 Å². The van der Waals surface area contributed by atoms with Crippen LogP contribution < -0.4 is 5.32 Å². The van der Waals surface area contributed by atoms with Gasteiger partial charge in [0, 0.05) is 24.1 Å². The van der Waals surface area contributed by atoms with Gasteiger partial charge >= 0.3 is 0 Å². The number of benzene rings is 1. The zero-order valence-corrected chi connectivity index (χ0v) is 25.8. The summed E-state index contributed by atoms with van der Waals surface area (Å²) in [4.78, 5) is 34.4. The lowest BCUT2D eigenvalue weighted by atomic mass is 9.86. The number of nitrogens with one attached hydrogen (secondary N) is 2. The van der Waals surface area contributed by atoms with Crippen LogP contribution in [0.25, 0.3) is 10.4 Å². The van der Waals surface area contributed by atoms with E-state index in [2.05, 4.69) is 10.3 Å². The number of allylic oxidation sites excluding steroid dienone is 1. The van der Waals surface area contributed by atoms with E-state index in [0.717, 1.165) is 21.7 Å². The molecule has 2 aromatic rings. The first-order chi connectivity index (χ1) is 18.7. The molecular formula is C31H44N4O4S. The number of rotatable bonds is 10. The second-order valence-electron chi connectivity index (χ2n) is 11.9. The van der Waals surface area contributed by atoms with Crippen LogP contribution in [0.3, 0.4) is 0 Å². The fraction of sp³-hybridized carbons (Fsp3) is 0.548. The van der Waals surface area contributed by atoms with Gasteiger partial charge in [-0.1, -0.05) is 58.9 Å². The van der Waals surface area contributed by atoms with Gasteiger partial charge in [0.25, 0.3) is 0 Å². The standard InChI is InChI=1S/C31H44N4O4S/c1-9-39-25(15-26(32)31(6,7)8)27(18(2)3)30(38)35-16-23(36)14-24(35)29(37)34-19(4)21-10-12-22(13-11-21)28-20(5)33-17-40-28/h10-13,15,17-19,23-24,27,32,36H,9,14,16H2,1-8H3,(H,34,37)/b25-15-,32-26?. The van der Waals surface area contributed by atoms with E-state index in [-0.39, 0.29) is 36.7 Å². The Bertz CT molecular complexity index is 1230. The molecule has 9 heteroatoms. The molecule has 1 aromatic heterocycles. The van der Waals surface area contributed by atoms with Crippen molar-refractivity contribution in [3.05, 3.63) is 52.9 Å². The fourth-order valence-corrected chi connectivity index (χ4v) is 5.67. The molecule has 1 aliphatic heterocycles. The minimum Gasteiger partial charge on any atom is -0.497 e. The van der Waals surface area contributed by atoms with Crippen molar-refractivity contribution in [3.8, 4) is 10.4 Å². The predicted octanol–water partition coefficient (Wildman–Crippen LogP) is 5.52. The number of carbonyl (C=O) groups excluding carboxylic acids is 2. The third-order valence-electron chi connectivity index (χ3n) is 7.29. The number of β-amino-alcohol motifs (C(OH)–C–C–N with tert-alkyl or cyclic N) is 1. The number of amides is 2. The number of nitrogens with zero attached hydrogens (tertiary/aromatic N) is 2. The molecular weight excluding hydrogens is 524 g/mol. The maximum Gasteiger partial charge on any atom is 0.243 e. The van der Waals surface area contributed by atoms with Crippen LogP contribution in [0.15, 0.2) is 41.6 Å². The lowest BCUT2D eigenvalue weighted by Crippen LogP contribution is -2.49. The Kier molecular flexibility index (Phi) is 10.3. The molecule has 1 aromatic carbocycles. The van der Waals surface area contributed by atoms with Crippen LogP contribution in [0, 0.1) is 29.6 Å². The van der Waals surface area contributed by atoms with Crippen LogP contribution in [0.5, 0.6) is 0 Å². The zero-order valence-electron chi connectivity index (χ0n) is 24.9. The van der Waals surface area contributed by atoms with Crippen molar-refractivity contribution >= 4 is 28.9 Å². The highest BCUT2D eigenvalue weighted by molar-refractivity contribution is 7.13. The first-order valence-corrected chi connectivity index (χ1v) is 14.8. The van der Waals surface area contributed by atoms with Gasteiger partial charge in [0.1, 0.15) is 11.8 Å². The number of hydrogen-bond donors (Lipinski definition) is 3. The smallest absolute Gasteiger partial charge is 0.243 e. The third-order valence-corrected chi connectivity index (χ3v) is 8.26. The Morgan fingerprint density at radius 1 is 1.25 bits per heavy atom. The first kappa shape index (κ1) is 31.5. The topological polar surface area (TPSA) is 116 Å². The number of likely N-dealkylation sites (tertiary alicyclic amines) is 1. The molecule has 1 saturated heterocycles. The quantitative estimate of drug-likeness (QED) is 0.258. The highest BCUT2D eigenvalue weighted by Crippen LogP contribution is 2.31. The molecule has 0 saturated carbocycles. The molecule has 2 amide bonds. The Labute approximate surface area is 242 Å². The summed E-state index contributed by atoms with van der Waals surface area (Å²) in [6.45, 7) is 15.8. The van der Waals surface area contributed by atoms with Crippen molar-refractivity contribution in [2.24, 2.45) is 17.3 Å². The van der Waals surface area contributed by atoms with Gasteiger partial charge in [-0.05, 0) is 43.9 Å². The molecule has 3 N–H and O–H groups in total. The van der Waals surface area contributed by atoms with Gasteiger partial charge in [-0.25, -0.2) is 4.98 Å². The number of aliphatic hydroxyl groups is 1. The highest BCUT2D eigenvalue weighted by Gasteiger charge is 2.43. The molecule has 0 aliphatic carbocycles. The number of aromatic nitrogens is 1. The van der Waals surface area contributed by atoms with Gasteiger partial charge in [0.05, 0.1) is 40.8 Å². The van der Waals surface area contributed by atoms with E-state index in [0.29, 0.717) is 18.1 Å². The minimum absolute atomic E-state index is 0.0769. The third kappa shape index (κ3) is 7.37. The lowest BCUT2D eigenvalue weighted by molar-refractivity contribution is -0.143. The summed E-state index contributed by atoms with van der Waals surface area (Å²) in [6.07, 6.45) is 1.02. The molecule has 4 atom stereocenters. The van der Waals surface area contributed by atoms with E-state index in [1.165, 1.54) is 4.90 Å². The molecule has 0 spiro atoms. The Morgan fingerprint density at radius 3 is 2.42 bits per heavy atom. The summed E-state index contributed by atoms with van der Waals surface area (Å²) in [7, 11) is 0. The van der Waals surface area contributed by atoms with Gasteiger partial charge in [0.15, 0.2) is 0 Å². The SMILES string of the molecule is CCO/C(=C\C(=N)C(C)(C)C)C(C(=O)N1CC(O)CC1C(=O)NC(C)c1ccc(-c2scnc2C)cc1)C(C)C. The molecule has 1 aliphatic rings. The molecule has 3 rings (SSSR count). The van der Waals surface area contributed by atoms with E-state index < -0.39 is 23.5 Å². The zero-order chi connectivity index (χ0) is 29.8. The Morgan fingerprint density at radius 2 is 1.90 bits per heavy atom. The molecule has 0 bridgehead atoms. The second-order valence-corrected chi connectivity index (χ2v) is 12.7. The number of aliphatic hydroxyl groups excluding tert-OH is 1. The molecule has 0 radical (unpaired) electrons. The van der Waals surface area contributed by atoms with E-state index in [9.17, 15) is 14.7 Å². The van der Waals surface area contributed by atoms with Gasteiger partial charge in [0.2, 0.25) is 11.8 Å². The first-order valence-electron chi connectivity index (χ1n) is 14.0. The second kappa shape index (κ2) is 13.1. The van der Waals surface area contributed by atoms with Crippen LogP contribution in [-0.2, 0) is 14.3 Å². The van der Waals surface area contributed by atoms with Gasteiger partial charge < -0.3 is 25.5 Å². The number of thiazole rings is 1. The van der Waals surface area contributed by atoms with Crippen molar-refractivity contribution in [3.63, 3.8) is 0 Å². The number of carbonyl (C=O) groups is 2. The predicted molar refractivity (Wildman–Crippen MR) is 160 cm³/mol. The van der Waals surface area contributed by atoms with Crippen molar-refractivity contribution in [1.29, 1.82) is 5.41 Å². The molecule has 8 nitrogen and oxygen atoms in total. The summed E-state index contributed by atoms with van der Waals surface area (Å²) in [5.41, 5.74) is 4.79. The van der Waals surface area contributed by atoms with E-state index >= 15 is 0 Å². The van der Waals surface area contributed by atoms with Crippen molar-refractivity contribution in [2.75, 3.05) is 13.2 Å². The van der Waals surface area contributed by atoms with Crippen LogP contribution >= 0.6 is 11.3 Å². The average molecular weight is 569 g/mol. The van der Waals surface area contributed by atoms with Gasteiger partial charge in [-0.3, -0.25) is 9.59 Å². The van der Waals surface area contributed by atoms with Crippen LogP contribution in [0.1, 0.15) is 72.2 Å². The van der Waals surface area contributed by atoms with E-state index in [1.54, 1.807) is 17.4 Å². The molecule has 40 heavy (non-hydrogen) atoms. The Hall–Kier alpha value is -3.04. The maximum atomic E-state index is 14.0. The summed E-state index contributed by atoms with van der Waals surface area (Å²) < 4.78 is 5.91. The number of aryl methyl sites for hydroxylation is 1. The summed E-state index contributed by atoms with van der Waals surface area (Å²) >= 11 is 1.59. The number of ether oxygens (including phenoxy) is 1. The maximum absolute atomic E-state index is 14.0. The van der Waals surface area contributed by atoms with Crippen molar-refractivity contribution in [2.45, 2.75) is 80.0 Å². The van der Waals surface area contributed by atoms with Crippen molar-refractivity contribution in [1.82, 2.24) is 15.2 Å². The average Bonchev–Trinajstić information content (AvgIpc) is 3.48. The molecule has 4 unspecified atom stereocenters. The monoisotopic (exact) mass is 568 g/mol. The largest absolute Gasteiger partial charge is 0.497 e. The molecule has 1 fully saturated rings. The Balaban J connectivity index is 1.80. The minimum atomic E-state index is -0.796. The summed E-state index contributed by atoms with van der Waals surface area (Å²) in [5.74, 6) is -0.966.